The summed E-state index contributed by atoms with van der Waals surface area (Å²) in [5.74, 6) is 1.34. The molecule has 2 aromatic rings. The number of nitrogens with one attached hydrogen (secondary N) is 1. The van der Waals surface area contributed by atoms with Crippen LogP contribution in [0.25, 0.3) is 0 Å². The number of carbonyl (C=O) groups is 1. The van der Waals surface area contributed by atoms with Crippen LogP contribution in [0.15, 0.2) is 36.4 Å². The highest BCUT2D eigenvalue weighted by Crippen LogP contribution is 2.37. The van der Waals surface area contributed by atoms with E-state index >= 15 is 0 Å². The van der Waals surface area contributed by atoms with Crippen LogP contribution in [-0.4, -0.2) is 42.0 Å². The Morgan fingerprint density at radius 3 is 2.80 bits per heavy atom. The summed E-state index contributed by atoms with van der Waals surface area (Å²) in [6.07, 6.45) is 2.82. The number of hydrogen-bond donors (Lipinski definition) is 1. The van der Waals surface area contributed by atoms with Crippen LogP contribution >= 0.6 is 0 Å². The van der Waals surface area contributed by atoms with Gasteiger partial charge in [0, 0.05) is 18.5 Å². The van der Waals surface area contributed by atoms with Crippen LogP contribution in [-0.2, 0) is 4.79 Å². The lowest BCUT2D eigenvalue weighted by Crippen LogP contribution is -2.33. The molecule has 0 aliphatic carbocycles. The van der Waals surface area contributed by atoms with Crippen LogP contribution < -0.4 is 14.8 Å². The van der Waals surface area contributed by atoms with Gasteiger partial charge in [-0.15, -0.1) is 0 Å². The Kier molecular flexibility index (Phi) is 5.85. The highest BCUT2D eigenvalue weighted by molar-refractivity contribution is 5.93. The van der Waals surface area contributed by atoms with Gasteiger partial charge < -0.3 is 14.8 Å². The molecule has 0 bridgehead atoms. The molecule has 1 atom stereocenters. The first-order chi connectivity index (χ1) is 14.5. The van der Waals surface area contributed by atoms with Crippen LogP contribution in [0, 0.1) is 17.0 Å². The molecule has 8 nitrogen and oxygen atoms in total. The van der Waals surface area contributed by atoms with Crippen LogP contribution in [0.5, 0.6) is 11.5 Å². The van der Waals surface area contributed by atoms with Gasteiger partial charge in [0.1, 0.15) is 0 Å². The molecule has 4 rings (SSSR count). The molecule has 0 spiro atoms. The highest BCUT2D eigenvalue weighted by Gasteiger charge is 2.29. The second-order valence-corrected chi connectivity index (χ2v) is 7.64. The van der Waals surface area contributed by atoms with Gasteiger partial charge in [-0.3, -0.25) is 19.8 Å². The molecule has 8 heteroatoms. The first-order valence-corrected chi connectivity index (χ1v) is 10.2. The number of nitrogens with zero attached hydrogens (tertiary/aromatic N) is 2. The average Bonchev–Trinajstić information content (AvgIpc) is 3.04. The molecule has 1 saturated heterocycles. The first kappa shape index (κ1) is 20.2. The number of hydrogen-bond acceptors (Lipinski definition) is 6. The van der Waals surface area contributed by atoms with E-state index in [1.807, 2.05) is 18.2 Å². The van der Waals surface area contributed by atoms with Crippen molar-refractivity contribution in [2.45, 2.75) is 32.2 Å². The molecule has 2 aliphatic rings. The van der Waals surface area contributed by atoms with Gasteiger partial charge in [0.05, 0.1) is 35.9 Å². The summed E-state index contributed by atoms with van der Waals surface area (Å²) in [5, 5.41) is 14.0. The normalized spacial score (nSPS) is 18.6. The summed E-state index contributed by atoms with van der Waals surface area (Å²) in [4.78, 5) is 25.5. The monoisotopic (exact) mass is 411 g/mol. The second-order valence-electron chi connectivity index (χ2n) is 7.64. The third-order valence-corrected chi connectivity index (χ3v) is 5.64. The largest absolute Gasteiger partial charge is 0.490 e. The van der Waals surface area contributed by atoms with Gasteiger partial charge in [-0.2, -0.15) is 0 Å². The highest BCUT2D eigenvalue weighted by atomic mass is 16.6. The minimum absolute atomic E-state index is 0.000884. The fourth-order valence-electron chi connectivity index (χ4n) is 4.11. The zero-order valence-corrected chi connectivity index (χ0v) is 16.9. The third-order valence-electron chi connectivity index (χ3n) is 5.64. The molecule has 2 heterocycles. The molecular weight excluding hydrogens is 386 g/mol. The molecule has 0 saturated carbocycles. The third kappa shape index (κ3) is 4.23. The van der Waals surface area contributed by atoms with Crippen molar-refractivity contribution in [2.75, 3.05) is 31.6 Å². The summed E-state index contributed by atoms with van der Waals surface area (Å²) < 4.78 is 11.5. The smallest absolute Gasteiger partial charge is 0.274 e. The molecule has 30 heavy (non-hydrogen) atoms. The maximum atomic E-state index is 12.7. The lowest BCUT2D eigenvalue weighted by Gasteiger charge is -2.25. The average molecular weight is 411 g/mol. The maximum absolute atomic E-state index is 12.7. The zero-order chi connectivity index (χ0) is 21.1. The van der Waals surface area contributed by atoms with E-state index in [0.717, 1.165) is 42.9 Å². The van der Waals surface area contributed by atoms with Gasteiger partial charge >= 0.3 is 0 Å². The molecule has 0 unspecified atom stereocenters. The second kappa shape index (κ2) is 8.71. The molecule has 0 aromatic heterocycles. The number of amides is 1. The van der Waals surface area contributed by atoms with Gasteiger partial charge in [0.2, 0.25) is 5.91 Å². The van der Waals surface area contributed by atoms with Gasteiger partial charge in [-0.1, -0.05) is 12.1 Å². The molecule has 158 valence electrons. The fourth-order valence-corrected chi connectivity index (χ4v) is 4.11. The fraction of sp³-hybridized carbons (Fsp3) is 0.409. The molecule has 1 N–H and O–H groups in total. The number of rotatable bonds is 5. The van der Waals surface area contributed by atoms with Gasteiger partial charge in [-0.25, -0.2) is 0 Å². The van der Waals surface area contributed by atoms with E-state index < -0.39 is 4.92 Å². The van der Waals surface area contributed by atoms with E-state index in [2.05, 4.69) is 10.2 Å². The summed E-state index contributed by atoms with van der Waals surface area (Å²) in [5.41, 5.74) is 2.03. The van der Waals surface area contributed by atoms with Crippen LogP contribution in [0.1, 0.15) is 36.4 Å². The van der Waals surface area contributed by atoms with Crippen molar-refractivity contribution < 1.29 is 19.2 Å². The van der Waals surface area contributed by atoms with Crippen molar-refractivity contribution in [3.63, 3.8) is 0 Å². The quantitative estimate of drug-likeness (QED) is 0.593. The number of likely N-dealkylation sites (tertiary alicyclic amines) is 1. The summed E-state index contributed by atoms with van der Waals surface area (Å²) in [7, 11) is 0. The molecule has 0 radical (unpaired) electrons. The summed E-state index contributed by atoms with van der Waals surface area (Å²) in [6.45, 7) is 3.97. The van der Waals surface area contributed by atoms with Crippen LogP contribution in [0.4, 0.5) is 11.4 Å². The number of fused-ring (bicyclic) bond motifs is 1. The number of nitro groups is 1. The lowest BCUT2D eigenvalue weighted by molar-refractivity contribution is -0.385. The van der Waals surface area contributed by atoms with E-state index in [9.17, 15) is 14.9 Å². The Morgan fingerprint density at radius 1 is 1.20 bits per heavy atom. The van der Waals surface area contributed by atoms with E-state index in [4.69, 9.17) is 9.47 Å². The summed E-state index contributed by atoms with van der Waals surface area (Å²) in [6, 6.07) is 10.8. The SMILES string of the molecule is Cc1c(NC(=O)CN2CCC[C@H]2c2ccc3c(c2)OCCCO3)cccc1[N+](=O)[O-]. The van der Waals surface area contributed by atoms with Crippen LogP contribution in [0.3, 0.4) is 0 Å². The number of carbonyl (C=O) groups excluding carboxylic acids is 1. The van der Waals surface area contributed by atoms with E-state index in [-0.39, 0.29) is 24.2 Å². The minimum atomic E-state index is -0.439. The predicted octanol–water partition coefficient (Wildman–Crippen LogP) is 3.84. The molecular formula is C22H25N3O5. The van der Waals surface area contributed by atoms with E-state index in [1.54, 1.807) is 19.1 Å². The Morgan fingerprint density at radius 2 is 2.00 bits per heavy atom. The number of ether oxygens (including phenoxy) is 2. The molecule has 2 aliphatic heterocycles. The minimum Gasteiger partial charge on any atom is -0.490 e. The van der Waals surface area contributed by atoms with Gasteiger partial charge in [0.25, 0.3) is 5.69 Å². The van der Waals surface area contributed by atoms with Gasteiger partial charge in [-0.05, 0) is 50.1 Å². The maximum Gasteiger partial charge on any atom is 0.274 e. The van der Waals surface area contributed by atoms with Gasteiger partial charge in [0.15, 0.2) is 11.5 Å². The summed E-state index contributed by atoms with van der Waals surface area (Å²) >= 11 is 0. The predicted molar refractivity (Wildman–Crippen MR) is 112 cm³/mol. The number of benzene rings is 2. The number of nitro benzene ring substituents is 1. The lowest BCUT2D eigenvalue weighted by atomic mass is 10.0. The Bertz CT molecular complexity index is 962. The van der Waals surface area contributed by atoms with Crippen molar-refractivity contribution in [1.29, 1.82) is 0 Å². The van der Waals surface area contributed by atoms with Crippen LogP contribution in [0.2, 0.25) is 0 Å². The molecule has 1 amide bonds. The number of anilines is 1. The van der Waals surface area contributed by atoms with Crippen molar-refractivity contribution >= 4 is 17.3 Å². The van der Waals surface area contributed by atoms with E-state index in [0.29, 0.717) is 24.5 Å². The van der Waals surface area contributed by atoms with E-state index in [1.165, 1.54) is 6.07 Å². The molecule has 2 aromatic carbocycles. The van der Waals surface area contributed by atoms with Crippen molar-refractivity contribution in [1.82, 2.24) is 4.90 Å². The van der Waals surface area contributed by atoms with Crippen molar-refractivity contribution in [2.24, 2.45) is 0 Å². The Labute approximate surface area is 174 Å². The molecule has 1 fully saturated rings. The van der Waals surface area contributed by atoms with Crippen molar-refractivity contribution in [3.8, 4) is 11.5 Å². The Balaban J connectivity index is 1.46. The zero-order valence-electron chi connectivity index (χ0n) is 16.9. The topological polar surface area (TPSA) is 93.9 Å². The standard InChI is InChI=1S/C22H25N3O5/c1-15-17(5-2-6-18(15)25(27)28)23-22(26)14-24-10-3-7-19(24)16-8-9-20-21(13-16)30-12-4-11-29-20/h2,5-6,8-9,13,19H,3-4,7,10-12,14H2,1H3,(H,23,26)/t19-/m0/s1. The Hall–Kier alpha value is -3.13. The van der Waals surface area contributed by atoms with Crippen molar-refractivity contribution in [3.05, 3.63) is 57.6 Å². The first-order valence-electron chi connectivity index (χ1n) is 10.2.